The quantitative estimate of drug-likeness (QED) is 0.340. The number of allylic oxidation sites excluding steroid dienone is 3. The number of rotatable bonds is 8. The lowest BCUT2D eigenvalue weighted by Crippen LogP contribution is -2.36. The SMILES string of the molecule is COc1ccc([C@@H]2CC(=O)C3=C(C2)NC(C)=C(C(=O)OC2CCCC2)[C@H]3c2cc(Br)c(OC)c(OC)c2)cc1OC. The second-order valence-corrected chi connectivity index (χ2v) is 11.5. The summed E-state index contributed by atoms with van der Waals surface area (Å²) in [4.78, 5) is 27.8. The summed E-state index contributed by atoms with van der Waals surface area (Å²) in [6, 6.07) is 9.51. The Morgan fingerprint density at radius 2 is 1.56 bits per heavy atom. The molecule has 2 atom stereocenters. The van der Waals surface area contributed by atoms with Crippen LogP contribution in [0.4, 0.5) is 0 Å². The summed E-state index contributed by atoms with van der Waals surface area (Å²) >= 11 is 3.60. The molecule has 218 valence electrons. The highest BCUT2D eigenvalue weighted by molar-refractivity contribution is 9.10. The maximum absolute atomic E-state index is 14.1. The molecule has 0 spiro atoms. The third-order valence-electron chi connectivity index (χ3n) is 8.29. The minimum atomic E-state index is -0.616. The Hall–Kier alpha value is -3.46. The van der Waals surface area contributed by atoms with Crippen molar-refractivity contribution in [1.29, 1.82) is 0 Å². The Balaban J connectivity index is 1.59. The molecule has 2 aromatic carbocycles. The van der Waals surface area contributed by atoms with Gasteiger partial charge in [0.05, 0.1) is 38.5 Å². The predicted octanol–water partition coefficient (Wildman–Crippen LogP) is 6.33. The van der Waals surface area contributed by atoms with Crippen LogP contribution in [-0.4, -0.2) is 46.3 Å². The number of esters is 1. The Labute approximate surface area is 249 Å². The predicted molar refractivity (Wildman–Crippen MR) is 158 cm³/mol. The Kier molecular flexibility index (Phi) is 8.63. The normalized spacial score (nSPS) is 20.9. The van der Waals surface area contributed by atoms with Gasteiger partial charge in [-0.25, -0.2) is 4.79 Å². The van der Waals surface area contributed by atoms with Crippen molar-refractivity contribution in [1.82, 2.24) is 5.32 Å². The van der Waals surface area contributed by atoms with Gasteiger partial charge in [-0.1, -0.05) is 6.07 Å². The number of dihydropyridines is 1. The Bertz CT molecular complexity index is 1420. The molecule has 3 aliphatic rings. The van der Waals surface area contributed by atoms with Gasteiger partial charge in [-0.2, -0.15) is 0 Å². The average molecular weight is 627 g/mol. The topological polar surface area (TPSA) is 92.3 Å². The van der Waals surface area contributed by atoms with Crippen LogP contribution in [0.3, 0.4) is 0 Å². The number of hydrogen-bond donors (Lipinski definition) is 1. The molecule has 0 unspecified atom stereocenters. The Morgan fingerprint density at radius 3 is 2.22 bits per heavy atom. The van der Waals surface area contributed by atoms with Gasteiger partial charge in [0.1, 0.15) is 6.10 Å². The number of benzene rings is 2. The Morgan fingerprint density at radius 1 is 0.878 bits per heavy atom. The lowest BCUT2D eigenvalue weighted by Gasteiger charge is -2.37. The van der Waals surface area contributed by atoms with E-state index in [0.717, 1.165) is 42.5 Å². The molecule has 1 N–H and O–H groups in total. The number of methoxy groups -OCH3 is 4. The maximum atomic E-state index is 14.1. The molecule has 9 heteroatoms. The first-order valence-electron chi connectivity index (χ1n) is 13.9. The van der Waals surface area contributed by atoms with Crippen molar-refractivity contribution in [3.05, 3.63) is 68.5 Å². The van der Waals surface area contributed by atoms with Gasteiger partial charge in [-0.05, 0) is 96.3 Å². The van der Waals surface area contributed by atoms with Gasteiger partial charge in [-0.15, -0.1) is 0 Å². The summed E-state index contributed by atoms with van der Waals surface area (Å²) in [5, 5.41) is 3.43. The van der Waals surface area contributed by atoms with Gasteiger partial charge in [0.2, 0.25) is 0 Å². The van der Waals surface area contributed by atoms with Crippen molar-refractivity contribution in [2.75, 3.05) is 28.4 Å². The fraction of sp³-hybridized carbons (Fsp3) is 0.438. The van der Waals surface area contributed by atoms with Gasteiger partial charge < -0.3 is 29.0 Å². The van der Waals surface area contributed by atoms with Crippen LogP contribution in [0.2, 0.25) is 0 Å². The molecule has 0 amide bonds. The van der Waals surface area contributed by atoms with E-state index in [0.29, 0.717) is 57.2 Å². The molecule has 41 heavy (non-hydrogen) atoms. The number of ketones is 1. The van der Waals surface area contributed by atoms with E-state index in [-0.39, 0.29) is 23.8 Å². The third kappa shape index (κ3) is 5.56. The summed E-state index contributed by atoms with van der Waals surface area (Å²) in [6.45, 7) is 1.88. The van der Waals surface area contributed by atoms with Crippen molar-refractivity contribution >= 4 is 27.7 Å². The minimum Gasteiger partial charge on any atom is -0.493 e. The van der Waals surface area contributed by atoms with Crippen molar-refractivity contribution in [2.45, 2.75) is 63.4 Å². The van der Waals surface area contributed by atoms with Crippen molar-refractivity contribution in [3.63, 3.8) is 0 Å². The van der Waals surface area contributed by atoms with E-state index in [9.17, 15) is 9.59 Å². The average Bonchev–Trinajstić information content (AvgIpc) is 3.48. The van der Waals surface area contributed by atoms with Gasteiger partial charge in [0.15, 0.2) is 28.8 Å². The molecule has 0 radical (unpaired) electrons. The number of nitrogens with one attached hydrogen (secondary N) is 1. The van der Waals surface area contributed by atoms with E-state index in [1.54, 1.807) is 28.4 Å². The zero-order valence-corrected chi connectivity index (χ0v) is 25.7. The van der Waals surface area contributed by atoms with Gasteiger partial charge >= 0.3 is 5.97 Å². The maximum Gasteiger partial charge on any atom is 0.337 e. The molecular weight excluding hydrogens is 590 g/mol. The number of ether oxygens (including phenoxy) is 5. The molecule has 2 aliphatic carbocycles. The van der Waals surface area contributed by atoms with Crippen LogP contribution < -0.4 is 24.3 Å². The highest BCUT2D eigenvalue weighted by Gasteiger charge is 2.42. The van der Waals surface area contributed by atoms with Crippen LogP contribution in [0.15, 0.2) is 57.3 Å². The molecule has 2 aromatic rings. The fourth-order valence-corrected chi connectivity index (χ4v) is 6.93. The second-order valence-electron chi connectivity index (χ2n) is 10.7. The summed E-state index contributed by atoms with van der Waals surface area (Å²) in [5.41, 5.74) is 4.27. The molecule has 5 rings (SSSR count). The van der Waals surface area contributed by atoms with Crippen LogP contribution >= 0.6 is 15.9 Å². The van der Waals surface area contributed by atoms with E-state index >= 15 is 0 Å². The molecule has 0 aromatic heterocycles. The largest absolute Gasteiger partial charge is 0.493 e. The number of carbonyl (C=O) groups excluding carboxylic acids is 2. The second kappa shape index (κ2) is 12.2. The standard InChI is InChI=1S/C32H36BrNO7/c1-17-28(32(36)41-21-8-6-7-9-21)29(20-12-22(33)31(40-5)27(16-20)39-4)30-23(34-17)13-19(14-24(30)35)18-10-11-25(37-2)26(15-18)38-3/h10-12,15-16,19,21,29,34H,6-9,13-14H2,1-5H3/t19-,29+/m0/s1. The molecule has 1 fully saturated rings. The van der Waals surface area contributed by atoms with E-state index in [1.165, 1.54) is 0 Å². The van der Waals surface area contributed by atoms with Crippen LogP contribution in [0.1, 0.15) is 68.4 Å². The van der Waals surface area contributed by atoms with Crippen LogP contribution in [0.5, 0.6) is 23.0 Å². The summed E-state index contributed by atoms with van der Waals surface area (Å²) in [7, 11) is 6.34. The fourth-order valence-electron chi connectivity index (χ4n) is 6.31. The van der Waals surface area contributed by atoms with Gasteiger partial charge in [-0.3, -0.25) is 4.79 Å². The van der Waals surface area contributed by atoms with E-state index in [1.807, 2.05) is 37.3 Å². The highest BCUT2D eigenvalue weighted by atomic mass is 79.9. The molecule has 0 bridgehead atoms. The summed E-state index contributed by atoms with van der Waals surface area (Å²) < 4.78 is 28.7. The van der Waals surface area contributed by atoms with Crippen molar-refractivity contribution < 1.29 is 33.3 Å². The van der Waals surface area contributed by atoms with Crippen LogP contribution in [0, 0.1) is 0 Å². The zero-order chi connectivity index (χ0) is 29.3. The molecule has 8 nitrogen and oxygen atoms in total. The monoisotopic (exact) mass is 625 g/mol. The molecular formula is C32H36BrNO7. The smallest absolute Gasteiger partial charge is 0.337 e. The number of halogens is 1. The number of hydrogen-bond acceptors (Lipinski definition) is 8. The van der Waals surface area contributed by atoms with E-state index in [4.69, 9.17) is 23.7 Å². The molecule has 0 saturated heterocycles. The first kappa shape index (κ1) is 29.0. The van der Waals surface area contributed by atoms with Gasteiger partial charge in [0, 0.05) is 29.3 Å². The molecule has 1 aliphatic heterocycles. The first-order valence-corrected chi connectivity index (χ1v) is 14.7. The van der Waals surface area contributed by atoms with Gasteiger partial charge in [0.25, 0.3) is 0 Å². The summed E-state index contributed by atoms with van der Waals surface area (Å²) in [6.07, 6.45) is 4.61. The van der Waals surface area contributed by atoms with E-state index < -0.39 is 5.92 Å². The lowest BCUT2D eigenvalue weighted by molar-refractivity contribution is -0.144. The van der Waals surface area contributed by atoms with E-state index in [2.05, 4.69) is 21.2 Å². The number of Topliss-reactive ketones (excluding diaryl/α,β-unsaturated/α-hetero) is 1. The molecule has 1 heterocycles. The van der Waals surface area contributed by atoms with Crippen molar-refractivity contribution in [3.8, 4) is 23.0 Å². The third-order valence-corrected chi connectivity index (χ3v) is 8.88. The minimum absolute atomic E-state index is 0.0203. The zero-order valence-electron chi connectivity index (χ0n) is 24.1. The lowest BCUT2D eigenvalue weighted by atomic mass is 9.71. The van der Waals surface area contributed by atoms with Crippen LogP contribution in [-0.2, 0) is 14.3 Å². The summed E-state index contributed by atoms with van der Waals surface area (Å²) in [5.74, 6) is 1.21. The molecule has 1 saturated carbocycles. The van der Waals surface area contributed by atoms with Crippen LogP contribution in [0.25, 0.3) is 0 Å². The van der Waals surface area contributed by atoms with Crippen molar-refractivity contribution in [2.24, 2.45) is 0 Å². The number of carbonyl (C=O) groups is 2. The highest BCUT2D eigenvalue weighted by Crippen LogP contribution is 2.49. The first-order chi connectivity index (χ1) is 19.8.